The van der Waals surface area contributed by atoms with E-state index in [0.717, 1.165) is 32.4 Å². The first kappa shape index (κ1) is 37.0. The zero-order valence-corrected chi connectivity index (χ0v) is 33.4. The van der Waals surface area contributed by atoms with Gasteiger partial charge < -0.3 is 35.3 Å². The number of halogens is 2. The van der Waals surface area contributed by atoms with Crippen LogP contribution >= 0.6 is 31.9 Å². The van der Waals surface area contributed by atoms with Gasteiger partial charge in [-0.1, -0.05) is 89.0 Å². The number of primary amides is 1. The molecule has 5 heterocycles. The number of aromatic nitrogens is 2. The summed E-state index contributed by atoms with van der Waals surface area (Å²) in [5, 5.41) is 17.7. The van der Waals surface area contributed by atoms with Gasteiger partial charge in [-0.05, 0) is 65.1 Å². The molecule has 0 bridgehead atoms. The SMILES string of the molecule is CC(C)(C)[C@]1(C(=O)Nc2c(C(N)=O)oc3ccc(Br)cc23)Cc2ccccc2N1C(=O)O.O=c1[nH]c([C@@H]2Cc3ccccc3N2)nc2c1oc1ccc(Br)cc12. The summed E-state index contributed by atoms with van der Waals surface area (Å²) in [6.07, 6.45) is -0.268. The molecule has 0 radical (unpaired) electrons. The molecule has 13 nitrogen and oxygen atoms in total. The third-order valence-corrected chi connectivity index (χ3v) is 11.4. The van der Waals surface area contributed by atoms with E-state index in [0.29, 0.717) is 38.1 Å². The Morgan fingerprint density at radius 1 is 0.929 bits per heavy atom. The highest BCUT2D eigenvalue weighted by molar-refractivity contribution is 9.10. The number of aromatic amines is 1. The zero-order chi connectivity index (χ0) is 39.7. The Hall–Kier alpha value is -5.93. The van der Waals surface area contributed by atoms with E-state index in [1.165, 1.54) is 5.56 Å². The second kappa shape index (κ2) is 13.7. The predicted octanol–water partition coefficient (Wildman–Crippen LogP) is 8.90. The predicted molar refractivity (Wildman–Crippen MR) is 220 cm³/mol. The van der Waals surface area contributed by atoms with Crippen LogP contribution in [0.15, 0.2) is 108 Å². The molecule has 2 aliphatic heterocycles. The molecule has 284 valence electrons. The lowest BCUT2D eigenvalue weighted by atomic mass is 9.70. The van der Waals surface area contributed by atoms with Gasteiger partial charge in [-0.25, -0.2) is 9.78 Å². The summed E-state index contributed by atoms with van der Waals surface area (Å²) in [7, 11) is 0. The van der Waals surface area contributed by atoms with E-state index in [1.807, 2.05) is 69.3 Å². The van der Waals surface area contributed by atoms with Gasteiger partial charge in [-0.15, -0.1) is 0 Å². The minimum absolute atomic E-state index is 0.0448. The topological polar surface area (TPSA) is 197 Å². The van der Waals surface area contributed by atoms with Crippen LogP contribution in [0.4, 0.5) is 21.9 Å². The number of rotatable bonds is 4. The van der Waals surface area contributed by atoms with Gasteiger partial charge in [-0.3, -0.25) is 19.3 Å². The van der Waals surface area contributed by atoms with E-state index in [1.54, 1.807) is 30.3 Å². The van der Waals surface area contributed by atoms with Crippen molar-refractivity contribution in [3.63, 3.8) is 0 Å². The molecule has 2 aliphatic rings. The molecular weight excluding hydrogens is 848 g/mol. The number of nitrogens with one attached hydrogen (secondary N) is 3. The number of fused-ring (bicyclic) bond motifs is 6. The van der Waals surface area contributed by atoms with Crippen LogP contribution in [0.25, 0.3) is 33.0 Å². The standard InChI is InChI=1S/C23H22BrN3O5.C18H12BrN3O2/c1-22(2,3)23(11-12-6-4-5-7-15(12)27(23)21(30)31)20(29)26-17-14-10-13(24)8-9-16(14)32-18(17)19(25)28;19-10-5-6-14-11(8-10)15-16(24-14)18(23)22-17(21-15)13-7-9-3-1-2-4-12(9)20-13/h4-10H,11H2,1-3H3,(H2,25,28)(H,26,29)(H,30,31);1-6,8,13,20H,7H2,(H,21,22,23)/t23-;13-/m10/s1. The minimum atomic E-state index is -1.48. The van der Waals surface area contributed by atoms with Gasteiger partial charge in [0.05, 0.1) is 11.7 Å². The lowest BCUT2D eigenvalue weighted by molar-refractivity contribution is -0.124. The molecule has 9 rings (SSSR count). The molecule has 0 saturated heterocycles. The number of para-hydroxylation sites is 2. The van der Waals surface area contributed by atoms with Gasteiger partial charge in [0.2, 0.25) is 11.3 Å². The van der Waals surface area contributed by atoms with Gasteiger partial charge in [0.15, 0.2) is 0 Å². The van der Waals surface area contributed by atoms with Crippen molar-refractivity contribution >= 4 is 99.9 Å². The third-order valence-electron chi connectivity index (χ3n) is 10.4. The van der Waals surface area contributed by atoms with Crippen LogP contribution in [0.2, 0.25) is 0 Å². The summed E-state index contributed by atoms with van der Waals surface area (Å²) in [6, 6.07) is 25.9. The maximum Gasteiger partial charge on any atom is 0.412 e. The number of furan rings is 2. The molecule has 3 amide bonds. The molecule has 56 heavy (non-hydrogen) atoms. The van der Waals surface area contributed by atoms with Crippen molar-refractivity contribution < 1.29 is 28.3 Å². The molecule has 3 aromatic heterocycles. The van der Waals surface area contributed by atoms with Crippen LogP contribution < -0.4 is 26.8 Å². The molecule has 0 fully saturated rings. The van der Waals surface area contributed by atoms with Crippen molar-refractivity contribution in [3.8, 4) is 0 Å². The van der Waals surface area contributed by atoms with Crippen LogP contribution in [-0.4, -0.2) is 38.5 Å². The van der Waals surface area contributed by atoms with Crippen molar-refractivity contribution in [1.82, 2.24) is 9.97 Å². The first-order valence-electron chi connectivity index (χ1n) is 17.6. The lowest BCUT2D eigenvalue weighted by Crippen LogP contribution is -2.64. The van der Waals surface area contributed by atoms with E-state index in [2.05, 4.69) is 53.5 Å². The largest absolute Gasteiger partial charge is 0.465 e. The van der Waals surface area contributed by atoms with Gasteiger partial charge in [0.25, 0.3) is 17.4 Å². The molecule has 15 heteroatoms. The summed E-state index contributed by atoms with van der Waals surface area (Å²) in [4.78, 5) is 59.6. The Morgan fingerprint density at radius 3 is 2.23 bits per heavy atom. The zero-order valence-electron chi connectivity index (χ0n) is 30.2. The van der Waals surface area contributed by atoms with Crippen LogP contribution in [0.1, 0.15) is 54.3 Å². The van der Waals surface area contributed by atoms with E-state index in [9.17, 15) is 24.3 Å². The average molecular weight is 883 g/mol. The molecule has 0 aliphatic carbocycles. The Morgan fingerprint density at radius 2 is 1.57 bits per heavy atom. The van der Waals surface area contributed by atoms with Crippen LogP contribution in [0, 0.1) is 5.41 Å². The smallest absolute Gasteiger partial charge is 0.412 e. The molecule has 6 N–H and O–H groups in total. The number of carbonyl (C=O) groups excluding carboxylic acids is 2. The van der Waals surface area contributed by atoms with Gasteiger partial charge in [-0.2, -0.15) is 0 Å². The summed E-state index contributed by atoms with van der Waals surface area (Å²) < 4.78 is 12.9. The number of hydrogen-bond donors (Lipinski definition) is 5. The highest BCUT2D eigenvalue weighted by Gasteiger charge is 2.59. The Kier molecular flexibility index (Phi) is 9.04. The quantitative estimate of drug-likeness (QED) is 0.115. The molecule has 0 saturated carbocycles. The summed E-state index contributed by atoms with van der Waals surface area (Å²) >= 11 is 6.84. The first-order valence-corrected chi connectivity index (χ1v) is 19.2. The molecule has 4 aromatic carbocycles. The number of anilines is 3. The monoisotopic (exact) mass is 880 g/mol. The molecule has 0 unspecified atom stereocenters. The normalized spacial score (nSPS) is 17.3. The Bertz CT molecular complexity index is 2800. The minimum Gasteiger partial charge on any atom is -0.465 e. The number of carboxylic acid groups (broad SMARTS) is 1. The number of amides is 3. The number of carbonyl (C=O) groups is 3. The van der Waals surface area contributed by atoms with E-state index < -0.39 is 28.9 Å². The number of hydrogen-bond acceptors (Lipinski definition) is 8. The summed E-state index contributed by atoms with van der Waals surface area (Å²) in [5.41, 5.74) is 8.50. The number of benzene rings is 4. The average Bonchev–Trinajstić information content (AvgIpc) is 3.92. The Labute approximate surface area is 335 Å². The van der Waals surface area contributed by atoms with Gasteiger partial charge >= 0.3 is 6.09 Å². The molecule has 0 spiro atoms. The van der Waals surface area contributed by atoms with Crippen molar-refractivity contribution in [2.24, 2.45) is 11.1 Å². The van der Waals surface area contributed by atoms with E-state index in [4.69, 9.17) is 19.6 Å². The highest BCUT2D eigenvalue weighted by atomic mass is 79.9. The van der Waals surface area contributed by atoms with Crippen molar-refractivity contribution in [2.75, 3.05) is 15.5 Å². The van der Waals surface area contributed by atoms with Crippen molar-refractivity contribution in [3.05, 3.63) is 127 Å². The highest BCUT2D eigenvalue weighted by Crippen LogP contribution is 2.49. The van der Waals surface area contributed by atoms with Crippen LogP contribution in [0.5, 0.6) is 0 Å². The first-order chi connectivity index (χ1) is 26.7. The fourth-order valence-corrected chi connectivity index (χ4v) is 8.41. The second-order valence-electron chi connectivity index (χ2n) is 14.7. The summed E-state index contributed by atoms with van der Waals surface area (Å²) in [6.45, 7) is 5.44. The second-order valence-corrected chi connectivity index (χ2v) is 16.6. The fraction of sp³-hybridized carbons (Fsp3) is 0.195. The van der Waals surface area contributed by atoms with Crippen LogP contribution in [0.3, 0.4) is 0 Å². The fourth-order valence-electron chi connectivity index (χ4n) is 7.68. The number of nitrogens with two attached hydrogens (primary N) is 1. The van der Waals surface area contributed by atoms with Crippen molar-refractivity contribution in [2.45, 2.75) is 45.2 Å². The molecule has 2 atom stereocenters. The van der Waals surface area contributed by atoms with Gasteiger partial charge in [0, 0.05) is 38.2 Å². The van der Waals surface area contributed by atoms with Crippen molar-refractivity contribution in [1.29, 1.82) is 0 Å². The number of nitrogens with zero attached hydrogens (tertiary/aromatic N) is 2. The maximum atomic E-state index is 13.9. The van der Waals surface area contributed by atoms with E-state index in [-0.39, 0.29) is 35.1 Å². The van der Waals surface area contributed by atoms with Gasteiger partial charge in [0.1, 0.15) is 33.7 Å². The third kappa shape index (κ3) is 6.11. The maximum absolute atomic E-state index is 13.9. The number of H-pyrrole nitrogens is 1. The van der Waals surface area contributed by atoms with E-state index >= 15 is 0 Å². The summed E-state index contributed by atoms with van der Waals surface area (Å²) in [5.74, 6) is -0.990. The molecular formula is C41H34Br2N6O7. The Balaban J connectivity index is 0.000000163. The molecule has 7 aromatic rings. The van der Waals surface area contributed by atoms with Crippen LogP contribution in [-0.2, 0) is 17.6 Å². The lowest BCUT2D eigenvalue weighted by Gasteiger charge is -2.45.